The van der Waals surface area contributed by atoms with Gasteiger partial charge in [0.25, 0.3) is 0 Å². The highest BCUT2D eigenvalue weighted by atomic mass is 16.6. The summed E-state index contributed by atoms with van der Waals surface area (Å²) in [6, 6.07) is 3.56. The van der Waals surface area contributed by atoms with Crippen LogP contribution >= 0.6 is 0 Å². The van der Waals surface area contributed by atoms with E-state index in [-0.39, 0.29) is 12.5 Å². The van der Waals surface area contributed by atoms with E-state index in [0.717, 1.165) is 5.56 Å². The molecule has 0 aromatic heterocycles. The summed E-state index contributed by atoms with van der Waals surface area (Å²) in [6.07, 6.45) is 3.10. The van der Waals surface area contributed by atoms with Crippen LogP contribution in [0.2, 0.25) is 0 Å². The molecule has 0 spiro atoms. The van der Waals surface area contributed by atoms with Crippen molar-refractivity contribution in [2.24, 2.45) is 0 Å². The number of hydrogen-bond acceptors (Lipinski definition) is 7. The molecule has 1 aromatic carbocycles. The van der Waals surface area contributed by atoms with E-state index in [1.54, 1.807) is 46.1 Å². The Hall–Kier alpha value is -2.74. The van der Waals surface area contributed by atoms with Crippen LogP contribution in [0.5, 0.6) is 17.2 Å². The summed E-state index contributed by atoms with van der Waals surface area (Å²) < 4.78 is 22.0. The van der Waals surface area contributed by atoms with Crippen LogP contribution in [0, 0.1) is 0 Å². The molecule has 0 saturated heterocycles. The van der Waals surface area contributed by atoms with E-state index < -0.39 is 11.6 Å². The van der Waals surface area contributed by atoms with Gasteiger partial charge in [0.2, 0.25) is 11.7 Å². The lowest BCUT2D eigenvalue weighted by molar-refractivity contribution is -0.158. The Morgan fingerprint density at radius 2 is 1.83 bits per heavy atom. The average molecular weight is 421 g/mol. The fraction of sp³-hybridized carbons (Fsp3) is 0.545. The molecule has 30 heavy (non-hydrogen) atoms. The minimum Gasteiger partial charge on any atom is -0.493 e. The molecule has 0 N–H and O–H groups in total. The number of ether oxygens (including phenoxy) is 4. The molecule has 1 aliphatic rings. The molecular formula is C22H32N2O6. The second-order valence-electron chi connectivity index (χ2n) is 8.23. The predicted octanol–water partition coefficient (Wildman–Crippen LogP) is 2.21. The Balaban J connectivity index is 2.15. The zero-order valence-corrected chi connectivity index (χ0v) is 18.7. The van der Waals surface area contributed by atoms with Crippen molar-refractivity contribution in [3.05, 3.63) is 23.8 Å². The van der Waals surface area contributed by atoms with Crippen molar-refractivity contribution in [2.45, 2.75) is 26.4 Å². The summed E-state index contributed by atoms with van der Waals surface area (Å²) in [5, 5.41) is 0. The Morgan fingerprint density at radius 3 is 2.47 bits per heavy atom. The van der Waals surface area contributed by atoms with E-state index >= 15 is 0 Å². The van der Waals surface area contributed by atoms with Gasteiger partial charge in [0, 0.05) is 19.2 Å². The number of amides is 1. The molecule has 1 amide bonds. The lowest BCUT2D eigenvalue weighted by atomic mass is 10.1. The molecule has 1 aromatic rings. The summed E-state index contributed by atoms with van der Waals surface area (Å²) in [5.41, 5.74) is 0.125. The average Bonchev–Trinajstić information content (AvgIpc) is 2.67. The topological polar surface area (TPSA) is 77.5 Å². The fourth-order valence-corrected chi connectivity index (χ4v) is 2.78. The van der Waals surface area contributed by atoms with Gasteiger partial charge in [-0.05, 0) is 58.6 Å². The first kappa shape index (κ1) is 23.5. The Kier molecular flexibility index (Phi) is 8.11. The third-order valence-electron chi connectivity index (χ3n) is 4.14. The predicted molar refractivity (Wildman–Crippen MR) is 114 cm³/mol. The van der Waals surface area contributed by atoms with E-state index in [9.17, 15) is 9.59 Å². The molecule has 8 nitrogen and oxygen atoms in total. The van der Waals surface area contributed by atoms with E-state index in [2.05, 4.69) is 0 Å². The molecule has 2 rings (SSSR count). The number of benzene rings is 1. The molecule has 0 aliphatic carbocycles. The van der Waals surface area contributed by atoms with Gasteiger partial charge in [0.1, 0.15) is 25.4 Å². The Labute approximate surface area is 178 Å². The maximum absolute atomic E-state index is 12.8. The summed E-state index contributed by atoms with van der Waals surface area (Å²) >= 11 is 0. The van der Waals surface area contributed by atoms with Crippen LogP contribution in [0.25, 0.3) is 6.08 Å². The number of rotatable bonds is 8. The minimum absolute atomic E-state index is 0.112. The number of esters is 1. The van der Waals surface area contributed by atoms with Gasteiger partial charge in [-0.1, -0.05) is 0 Å². The quantitative estimate of drug-likeness (QED) is 0.471. The van der Waals surface area contributed by atoms with Crippen molar-refractivity contribution in [1.82, 2.24) is 9.80 Å². The number of methoxy groups -OCH3 is 1. The second kappa shape index (κ2) is 10.3. The van der Waals surface area contributed by atoms with Gasteiger partial charge in [-0.15, -0.1) is 0 Å². The summed E-state index contributed by atoms with van der Waals surface area (Å²) in [6.45, 7) is 7.22. The standard InChI is InChI=1S/C22H32N2O6/c1-22(2,3)30-20(26)15-24(10-9-23(4)5)19(25)8-7-16-13-17(27-6)21-18(14-16)28-11-12-29-21/h7-8,13-14H,9-12,15H2,1-6H3/b8-7+. The van der Waals surface area contributed by atoms with Crippen molar-refractivity contribution in [1.29, 1.82) is 0 Å². The Morgan fingerprint density at radius 1 is 1.13 bits per heavy atom. The summed E-state index contributed by atoms with van der Waals surface area (Å²) in [4.78, 5) is 28.5. The zero-order valence-electron chi connectivity index (χ0n) is 18.7. The first-order chi connectivity index (χ1) is 14.1. The zero-order chi connectivity index (χ0) is 22.3. The molecule has 1 aliphatic heterocycles. The van der Waals surface area contributed by atoms with Crippen LogP contribution < -0.4 is 14.2 Å². The monoisotopic (exact) mass is 420 g/mol. The van der Waals surface area contributed by atoms with Gasteiger partial charge in [0.05, 0.1) is 7.11 Å². The highest BCUT2D eigenvalue weighted by molar-refractivity contribution is 5.94. The number of fused-ring (bicyclic) bond motifs is 1. The van der Waals surface area contributed by atoms with Crippen LogP contribution in [0.3, 0.4) is 0 Å². The first-order valence-corrected chi connectivity index (χ1v) is 9.90. The molecule has 8 heteroatoms. The lowest BCUT2D eigenvalue weighted by Gasteiger charge is -2.25. The van der Waals surface area contributed by atoms with Crippen molar-refractivity contribution in [3.8, 4) is 17.2 Å². The second-order valence-corrected chi connectivity index (χ2v) is 8.23. The molecule has 0 saturated carbocycles. The third-order valence-corrected chi connectivity index (χ3v) is 4.14. The summed E-state index contributed by atoms with van der Waals surface area (Å²) in [7, 11) is 5.37. The number of carbonyl (C=O) groups is 2. The third kappa shape index (κ3) is 7.26. The first-order valence-electron chi connectivity index (χ1n) is 9.90. The fourth-order valence-electron chi connectivity index (χ4n) is 2.78. The summed E-state index contributed by atoms with van der Waals surface area (Å²) in [5.74, 6) is 0.953. The van der Waals surface area contributed by atoms with Crippen molar-refractivity contribution >= 4 is 18.0 Å². The van der Waals surface area contributed by atoms with Crippen LogP contribution in [0.4, 0.5) is 0 Å². The number of likely N-dealkylation sites (N-methyl/N-ethyl adjacent to an activating group) is 1. The van der Waals surface area contributed by atoms with Crippen LogP contribution in [-0.4, -0.2) is 81.3 Å². The maximum atomic E-state index is 12.8. The van der Waals surface area contributed by atoms with Gasteiger partial charge in [-0.25, -0.2) is 0 Å². The van der Waals surface area contributed by atoms with Crippen LogP contribution in [-0.2, 0) is 14.3 Å². The molecule has 0 radical (unpaired) electrons. The van der Waals surface area contributed by atoms with Gasteiger partial charge >= 0.3 is 5.97 Å². The maximum Gasteiger partial charge on any atom is 0.326 e. The molecule has 166 valence electrons. The normalized spacial score (nSPS) is 13.4. The number of carbonyl (C=O) groups excluding carboxylic acids is 2. The van der Waals surface area contributed by atoms with E-state index in [4.69, 9.17) is 18.9 Å². The van der Waals surface area contributed by atoms with Gasteiger partial charge < -0.3 is 28.7 Å². The van der Waals surface area contributed by atoms with Crippen molar-refractivity contribution < 1.29 is 28.5 Å². The van der Waals surface area contributed by atoms with E-state index in [1.807, 2.05) is 19.0 Å². The van der Waals surface area contributed by atoms with Crippen LogP contribution in [0.15, 0.2) is 18.2 Å². The molecule has 1 heterocycles. The van der Waals surface area contributed by atoms with Gasteiger partial charge in [-0.3, -0.25) is 9.59 Å². The molecule has 0 fully saturated rings. The van der Waals surface area contributed by atoms with Crippen molar-refractivity contribution in [3.63, 3.8) is 0 Å². The molecule has 0 bridgehead atoms. The highest BCUT2D eigenvalue weighted by Crippen LogP contribution is 2.40. The molecule has 0 unspecified atom stereocenters. The van der Waals surface area contributed by atoms with Crippen molar-refractivity contribution in [2.75, 3.05) is 54.1 Å². The molecule has 0 atom stereocenters. The van der Waals surface area contributed by atoms with Gasteiger partial charge in [-0.2, -0.15) is 0 Å². The number of nitrogens with zero attached hydrogens (tertiary/aromatic N) is 2. The Bertz CT molecular complexity index is 765. The van der Waals surface area contributed by atoms with Crippen LogP contribution in [0.1, 0.15) is 26.3 Å². The van der Waals surface area contributed by atoms with Gasteiger partial charge in [0.15, 0.2) is 11.5 Å². The minimum atomic E-state index is -0.606. The number of hydrogen-bond donors (Lipinski definition) is 0. The molecular weight excluding hydrogens is 388 g/mol. The lowest BCUT2D eigenvalue weighted by Crippen LogP contribution is -2.41. The smallest absolute Gasteiger partial charge is 0.326 e. The van der Waals surface area contributed by atoms with E-state index in [1.165, 1.54) is 11.0 Å². The largest absolute Gasteiger partial charge is 0.493 e. The highest BCUT2D eigenvalue weighted by Gasteiger charge is 2.22. The SMILES string of the molecule is COc1cc(/C=C/C(=O)N(CCN(C)C)CC(=O)OC(C)(C)C)cc2c1OCCO2. The van der Waals surface area contributed by atoms with E-state index in [0.29, 0.717) is 43.6 Å².